The summed E-state index contributed by atoms with van der Waals surface area (Å²) in [6.45, 7) is -0.195. The summed E-state index contributed by atoms with van der Waals surface area (Å²) < 4.78 is 5.51. The Balaban J connectivity index is 2.05. The van der Waals surface area contributed by atoms with Crippen molar-refractivity contribution in [2.75, 3.05) is 13.6 Å². The molecule has 0 spiro atoms. The van der Waals surface area contributed by atoms with E-state index in [0.717, 1.165) is 4.90 Å². The molecular weight excluding hydrogens is 276 g/mol. The van der Waals surface area contributed by atoms with Gasteiger partial charge in [0.15, 0.2) is 0 Å². The summed E-state index contributed by atoms with van der Waals surface area (Å²) in [5.74, 6) is -1.43. The molecule has 0 atom stereocenters. The molecule has 1 saturated heterocycles. The molecule has 0 radical (unpaired) electrons. The molecule has 108 valence electrons. The zero-order chi connectivity index (χ0) is 15.1. The van der Waals surface area contributed by atoms with E-state index in [2.05, 4.69) is 0 Å². The van der Waals surface area contributed by atoms with E-state index >= 15 is 0 Å². The summed E-state index contributed by atoms with van der Waals surface area (Å²) in [6, 6.07) is 6.24. The van der Waals surface area contributed by atoms with Gasteiger partial charge in [0, 0.05) is 12.4 Å². The highest BCUT2D eigenvalue weighted by Crippen LogP contribution is 2.27. The van der Waals surface area contributed by atoms with Crippen LogP contribution in [0.1, 0.15) is 16.1 Å². The Kier molecular flexibility index (Phi) is 2.90. The number of aromatic carboxylic acids is 1. The quantitative estimate of drug-likeness (QED) is 0.865. The molecule has 1 N–H and O–H groups in total. The molecule has 21 heavy (non-hydrogen) atoms. The van der Waals surface area contributed by atoms with Crippen molar-refractivity contribution in [2.45, 2.75) is 6.54 Å². The van der Waals surface area contributed by atoms with Crippen LogP contribution in [0.25, 0.3) is 11.0 Å². The number of hydrogen-bond acceptors (Lipinski definition) is 4. The van der Waals surface area contributed by atoms with Crippen LogP contribution in [0.15, 0.2) is 28.7 Å². The van der Waals surface area contributed by atoms with Gasteiger partial charge in [0.05, 0.1) is 6.54 Å². The monoisotopic (exact) mass is 288 g/mol. The number of fused-ring (bicyclic) bond motifs is 1. The third kappa shape index (κ3) is 2.03. The average molecular weight is 288 g/mol. The molecule has 1 fully saturated rings. The van der Waals surface area contributed by atoms with Crippen LogP contribution in [-0.4, -0.2) is 46.4 Å². The number of urea groups is 1. The van der Waals surface area contributed by atoms with Gasteiger partial charge in [-0.3, -0.25) is 9.69 Å². The Morgan fingerprint density at radius 1 is 1.33 bits per heavy atom. The van der Waals surface area contributed by atoms with Crippen molar-refractivity contribution in [2.24, 2.45) is 0 Å². The molecule has 1 aromatic heterocycles. The maximum Gasteiger partial charge on any atom is 0.339 e. The second-order valence-electron chi connectivity index (χ2n) is 4.82. The van der Waals surface area contributed by atoms with E-state index in [4.69, 9.17) is 4.42 Å². The lowest BCUT2D eigenvalue weighted by molar-refractivity contribution is -0.125. The molecule has 0 bridgehead atoms. The molecule has 2 aromatic rings. The second-order valence-corrected chi connectivity index (χ2v) is 4.82. The summed E-state index contributed by atoms with van der Waals surface area (Å²) in [7, 11) is 1.51. The van der Waals surface area contributed by atoms with Crippen LogP contribution in [0.4, 0.5) is 4.79 Å². The molecule has 7 heteroatoms. The summed E-state index contributed by atoms with van der Waals surface area (Å²) in [5.41, 5.74) is 0.401. The number of nitrogens with zero attached hydrogens (tertiary/aromatic N) is 2. The van der Waals surface area contributed by atoms with E-state index in [9.17, 15) is 19.5 Å². The van der Waals surface area contributed by atoms with Gasteiger partial charge in [-0.2, -0.15) is 0 Å². The van der Waals surface area contributed by atoms with Gasteiger partial charge in [-0.15, -0.1) is 0 Å². The van der Waals surface area contributed by atoms with E-state index in [1.54, 1.807) is 24.3 Å². The minimum atomic E-state index is -1.15. The van der Waals surface area contributed by atoms with Crippen LogP contribution < -0.4 is 0 Å². The highest BCUT2D eigenvalue weighted by atomic mass is 16.4. The first kappa shape index (κ1) is 13.2. The Morgan fingerprint density at radius 3 is 2.67 bits per heavy atom. The van der Waals surface area contributed by atoms with Gasteiger partial charge in [-0.25, -0.2) is 9.59 Å². The summed E-state index contributed by atoms with van der Waals surface area (Å²) in [6.07, 6.45) is 0. The predicted molar refractivity (Wildman–Crippen MR) is 71.7 cm³/mol. The van der Waals surface area contributed by atoms with Crippen molar-refractivity contribution in [1.82, 2.24) is 9.80 Å². The maximum absolute atomic E-state index is 11.9. The highest BCUT2D eigenvalue weighted by Gasteiger charge is 2.35. The number of imide groups is 1. The smallest absolute Gasteiger partial charge is 0.339 e. The minimum absolute atomic E-state index is 0.0124. The third-order valence-corrected chi connectivity index (χ3v) is 3.41. The number of carbonyl (C=O) groups is 3. The zero-order valence-corrected chi connectivity index (χ0v) is 11.2. The van der Waals surface area contributed by atoms with Crippen LogP contribution >= 0.6 is 0 Å². The van der Waals surface area contributed by atoms with Crippen molar-refractivity contribution in [1.29, 1.82) is 0 Å². The van der Waals surface area contributed by atoms with Crippen molar-refractivity contribution < 1.29 is 23.9 Å². The number of carboxylic acids is 1. The number of amides is 3. The van der Waals surface area contributed by atoms with Crippen molar-refractivity contribution >= 4 is 28.9 Å². The first-order valence-corrected chi connectivity index (χ1v) is 6.28. The Labute approximate surface area is 119 Å². The molecule has 1 aliphatic rings. The lowest BCUT2D eigenvalue weighted by Crippen LogP contribution is -2.31. The van der Waals surface area contributed by atoms with Crippen LogP contribution in [0.3, 0.4) is 0 Å². The lowest BCUT2D eigenvalue weighted by Gasteiger charge is -2.12. The van der Waals surface area contributed by atoms with Crippen LogP contribution in [0.2, 0.25) is 0 Å². The SMILES string of the molecule is CN1CC(=O)N(Cc2oc3ccccc3c2C(=O)O)C1=O. The minimum Gasteiger partial charge on any atom is -0.478 e. The van der Waals surface area contributed by atoms with Gasteiger partial charge < -0.3 is 14.4 Å². The Hall–Kier alpha value is -2.83. The van der Waals surface area contributed by atoms with E-state index in [0.29, 0.717) is 11.0 Å². The van der Waals surface area contributed by atoms with E-state index < -0.39 is 12.0 Å². The number of rotatable bonds is 3. The standard InChI is InChI=1S/C14H12N2O5/c1-15-7-11(17)16(14(15)20)6-10-12(13(18)19)8-4-2-3-5-9(8)21-10/h2-5H,6-7H2,1H3,(H,18,19). The number of furan rings is 1. The van der Waals surface area contributed by atoms with Crippen LogP contribution in [0.5, 0.6) is 0 Å². The van der Waals surface area contributed by atoms with Gasteiger partial charge >= 0.3 is 12.0 Å². The van der Waals surface area contributed by atoms with Crippen molar-refractivity contribution in [3.8, 4) is 0 Å². The molecule has 1 aromatic carbocycles. The molecule has 0 aliphatic carbocycles. The average Bonchev–Trinajstić information content (AvgIpc) is 2.91. The molecular formula is C14H12N2O5. The lowest BCUT2D eigenvalue weighted by atomic mass is 10.1. The number of hydrogen-bond donors (Lipinski definition) is 1. The fourth-order valence-corrected chi connectivity index (χ4v) is 2.41. The number of para-hydroxylation sites is 1. The van der Waals surface area contributed by atoms with Crippen LogP contribution in [0, 0.1) is 0 Å². The first-order chi connectivity index (χ1) is 9.99. The molecule has 3 rings (SSSR count). The second kappa shape index (κ2) is 4.62. The molecule has 0 saturated carbocycles. The topological polar surface area (TPSA) is 91.1 Å². The maximum atomic E-state index is 11.9. The molecule has 2 heterocycles. The van der Waals surface area contributed by atoms with Crippen molar-refractivity contribution in [3.05, 3.63) is 35.6 Å². The van der Waals surface area contributed by atoms with E-state index in [1.807, 2.05) is 0 Å². The summed E-state index contributed by atoms with van der Waals surface area (Å²) >= 11 is 0. The Morgan fingerprint density at radius 2 is 2.05 bits per heavy atom. The van der Waals surface area contributed by atoms with Gasteiger partial charge in [0.25, 0.3) is 5.91 Å². The third-order valence-electron chi connectivity index (χ3n) is 3.41. The number of carboxylic acid groups (broad SMARTS) is 1. The molecule has 0 unspecified atom stereocenters. The first-order valence-electron chi connectivity index (χ1n) is 6.28. The molecule has 3 amide bonds. The highest BCUT2D eigenvalue weighted by molar-refractivity contribution is 6.05. The largest absolute Gasteiger partial charge is 0.478 e. The molecule has 7 nitrogen and oxygen atoms in total. The van der Waals surface area contributed by atoms with E-state index in [1.165, 1.54) is 11.9 Å². The van der Waals surface area contributed by atoms with E-state index in [-0.39, 0.29) is 30.3 Å². The fourth-order valence-electron chi connectivity index (χ4n) is 2.41. The van der Waals surface area contributed by atoms with Crippen molar-refractivity contribution in [3.63, 3.8) is 0 Å². The van der Waals surface area contributed by atoms with Crippen LogP contribution in [-0.2, 0) is 11.3 Å². The predicted octanol–water partition coefficient (Wildman–Crippen LogP) is 1.52. The number of benzene rings is 1. The van der Waals surface area contributed by atoms with Gasteiger partial charge in [0.1, 0.15) is 23.5 Å². The summed E-state index contributed by atoms with van der Waals surface area (Å²) in [5, 5.41) is 9.80. The van der Waals surface area contributed by atoms with Gasteiger partial charge in [-0.05, 0) is 6.07 Å². The number of likely N-dealkylation sites (N-methyl/N-ethyl adjacent to an activating group) is 1. The van der Waals surface area contributed by atoms with Gasteiger partial charge in [0.2, 0.25) is 0 Å². The fraction of sp³-hybridized carbons (Fsp3) is 0.214. The zero-order valence-electron chi connectivity index (χ0n) is 11.2. The number of carbonyl (C=O) groups excluding carboxylic acids is 2. The normalized spacial score (nSPS) is 15.3. The Bertz CT molecular complexity index is 764. The molecule has 1 aliphatic heterocycles. The summed E-state index contributed by atoms with van der Waals surface area (Å²) in [4.78, 5) is 37.3. The van der Waals surface area contributed by atoms with Gasteiger partial charge in [-0.1, -0.05) is 18.2 Å².